The van der Waals surface area contributed by atoms with Crippen molar-refractivity contribution in [2.24, 2.45) is 11.7 Å². The molecule has 19 heavy (non-hydrogen) atoms. The van der Waals surface area contributed by atoms with Gasteiger partial charge in [-0.3, -0.25) is 4.90 Å². The lowest BCUT2D eigenvalue weighted by Crippen LogP contribution is -2.40. The molecule has 1 aromatic heterocycles. The normalized spacial score (nSPS) is 25.7. The molecule has 1 aromatic rings. The lowest BCUT2D eigenvalue weighted by molar-refractivity contribution is 0.115. The summed E-state index contributed by atoms with van der Waals surface area (Å²) >= 11 is 0. The van der Waals surface area contributed by atoms with E-state index in [1.807, 2.05) is 12.5 Å². The number of aromatic nitrogens is 2. The third-order valence-corrected chi connectivity index (χ3v) is 4.40. The second-order valence-corrected chi connectivity index (χ2v) is 5.87. The summed E-state index contributed by atoms with van der Waals surface area (Å²) < 4.78 is 2.27. The van der Waals surface area contributed by atoms with Crippen molar-refractivity contribution in [3.8, 4) is 0 Å². The average molecular weight is 264 g/mol. The van der Waals surface area contributed by atoms with Crippen LogP contribution in [0.1, 0.15) is 51.8 Å². The summed E-state index contributed by atoms with van der Waals surface area (Å²) in [6.07, 6.45) is 7.80. The summed E-state index contributed by atoms with van der Waals surface area (Å²) in [6, 6.07) is 0.979. The van der Waals surface area contributed by atoms with E-state index in [1.165, 1.54) is 31.5 Å². The second kappa shape index (κ2) is 6.53. The van der Waals surface area contributed by atoms with Gasteiger partial charge < -0.3 is 10.3 Å². The van der Waals surface area contributed by atoms with Crippen molar-refractivity contribution >= 4 is 0 Å². The topological polar surface area (TPSA) is 47.1 Å². The molecule has 2 unspecified atom stereocenters. The van der Waals surface area contributed by atoms with Gasteiger partial charge in [-0.1, -0.05) is 6.42 Å². The molecular formula is C15H28N4. The Bertz CT molecular complexity index is 385. The van der Waals surface area contributed by atoms with E-state index in [-0.39, 0.29) is 0 Å². The molecule has 1 aliphatic rings. The summed E-state index contributed by atoms with van der Waals surface area (Å²) in [5, 5.41) is 0. The Balaban J connectivity index is 2.37. The first-order valence-corrected chi connectivity index (χ1v) is 7.64. The summed E-state index contributed by atoms with van der Waals surface area (Å²) in [4.78, 5) is 6.98. The number of aryl methyl sites for hydroxylation is 1. The Kier molecular flexibility index (Phi) is 4.99. The number of nitrogens with two attached hydrogens (primary N) is 1. The van der Waals surface area contributed by atoms with E-state index in [2.05, 4.69) is 35.2 Å². The zero-order valence-corrected chi connectivity index (χ0v) is 12.5. The fraction of sp³-hybridized carbons (Fsp3) is 0.800. The van der Waals surface area contributed by atoms with Gasteiger partial charge in [0, 0.05) is 18.8 Å². The SMILES string of the molecule is CCn1cncc1C1C(CN)CCCCN1C(C)C. The maximum Gasteiger partial charge on any atom is 0.0948 e. The first-order chi connectivity index (χ1) is 9.19. The number of likely N-dealkylation sites (tertiary alicyclic amines) is 1. The molecule has 2 rings (SSSR count). The first-order valence-electron chi connectivity index (χ1n) is 7.64. The van der Waals surface area contributed by atoms with Crippen LogP contribution in [0.25, 0.3) is 0 Å². The predicted octanol–water partition coefficient (Wildman–Crippen LogP) is 2.41. The Morgan fingerprint density at radius 3 is 2.84 bits per heavy atom. The molecule has 0 bridgehead atoms. The molecule has 1 aliphatic heterocycles. The number of hydrogen-bond donors (Lipinski definition) is 1. The van der Waals surface area contributed by atoms with Crippen LogP contribution in [0, 0.1) is 5.92 Å². The summed E-state index contributed by atoms with van der Waals surface area (Å²) in [5.41, 5.74) is 7.41. The Morgan fingerprint density at radius 2 is 2.21 bits per heavy atom. The number of nitrogens with zero attached hydrogens (tertiary/aromatic N) is 3. The molecule has 2 N–H and O–H groups in total. The molecule has 2 heterocycles. The van der Waals surface area contributed by atoms with E-state index < -0.39 is 0 Å². The largest absolute Gasteiger partial charge is 0.333 e. The van der Waals surface area contributed by atoms with Crippen LogP contribution in [0.4, 0.5) is 0 Å². The molecule has 0 radical (unpaired) electrons. The summed E-state index contributed by atoms with van der Waals surface area (Å²) in [7, 11) is 0. The van der Waals surface area contributed by atoms with E-state index >= 15 is 0 Å². The first kappa shape index (κ1) is 14.5. The Morgan fingerprint density at radius 1 is 1.42 bits per heavy atom. The van der Waals surface area contributed by atoms with E-state index in [0.717, 1.165) is 13.1 Å². The second-order valence-electron chi connectivity index (χ2n) is 5.87. The predicted molar refractivity (Wildman–Crippen MR) is 78.9 cm³/mol. The smallest absolute Gasteiger partial charge is 0.0948 e. The van der Waals surface area contributed by atoms with Crippen LogP contribution in [-0.2, 0) is 6.54 Å². The Hall–Kier alpha value is -0.870. The van der Waals surface area contributed by atoms with Crippen molar-refractivity contribution in [3.63, 3.8) is 0 Å². The third kappa shape index (κ3) is 3.00. The molecule has 2 atom stereocenters. The van der Waals surface area contributed by atoms with Gasteiger partial charge >= 0.3 is 0 Å². The van der Waals surface area contributed by atoms with Crippen molar-refractivity contribution in [2.75, 3.05) is 13.1 Å². The van der Waals surface area contributed by atoms with E-state index in [0.29, 0.717) is 18.0 Å². The van der Waals surface area contributed by atoms with Crippen molar-refractivity contribution < 1.29 is 0 Å². The number of rotatable bonds is 4. The highest BCUT2D eigenvalue weighted by atomic mass is 15.2. The zero-order valence-electron chi connectivity index (χ0n) is 12.5. The molecule has 4 heteroatoms. The number of hydrogen-bond acceptors (Lipinski definition) is 3. The minimum Gasteiger partial charge on any atom is -0.333 e. The fourth-order valence-corrected chi connectivity index (χ4v) is 3.35. The van der Waals surface area contributed by atoms with Crippen molar-refractivity contribution in [1.29, 1.82) is 0 Å². The van der Waals surface area contributed by atoms with Gasteiger partial charge in [0.15, 0.2) is 0 Å². The fourth-order valence-electron chi connectivity index (χ4n) is 3.35. The number of imidazole rings is 1. The van der Waals surface area contributed by atoms with E-state index in [1.54, 1.807) is 0 Å². The van der Waals surface area contributed by atoms with Gasteiger partial charge in [-0.05, 0) is 52.6 Å². The van der Waals surface area contributed by atoms with Gasteiger partial charge in [0.1, 0.15) is 0 Å². The third-order valence-electron chi connectivity index (χ3n) is 4.40. The highest BCUT2D eigenvalue weighted by Gasteiger charge is 2.33. The average Bonchev–Trinajstić information content (AvgIpc) is 2.76. The molecule has 1 fully saturated rings. The molecule has 4 nitrogen and oxygen atoms in total. The maximum atomic E-state index is 6.07. The minimum atomic E-state index is 0.426. The van der Waals surface area contributed by atoms with Crippen LogP contribution in [0.2, 0.25) is 0 Å². The van der Waals surface area contributed by atoms with Crippen molar-refractivity contribution in [3.05, 3.63) is 18.2 Å². The van der Waals surface area contributed by atoms with Gasteiger partial charge in [-0.25, -0.2) is 4.98 Å². The highest BCUT2D eigenvalue weighted by Crippen LogP contribution is 2.35. The molecule has 0 spiro atoms. The standard InChI is InChI=1S/C15H28N4/c1-4-18-11-17-10-14(18)15-13(9-16)7-5-6-8-19(15)12(2)3/h10-13,15H,4-9,16H2,1-3H3. The van der Waals surface area contributed by atoms with Crippen molar-refractivity contribution in [1.82, 2.24) is 14.5 Å². The molecular weight excluding hydrogens is 236 g/mol. The van der Waals surface area contributed by atoms with Gasteiger partial charge in [-0.15, -0.1) is 0 Å². The highest BCUT2D eigenvalue weighted by molar-refractivity contribution is 5.09. The molecule has 0 aliphatic carbocycles. The van der Waals surface area contributed by atoms with Crippen LogP contribution < -0.4 is 5.73 Å². The van der Waals surface area contributed by atoms with Crippen LogP contribution in [-0.4, -0.2) is 33.6 Å². The van der Waals surface area contributed by atoms with Crippen LogP contribution >= 0.6 is 0 Å². The van der Waals surface area contributed by atoms with Crippen molar-refractivity contribution in [2.45, 2.75) is 58.7 Å². The van der Waals surface area contributed by atoms with Gasteiger partial charge in [0.25, 0.3) is 0 Å². The molecule has 0 aromatic carbocycles. The summed E-state index contributed by atoms with van der Waals surface area (Å²) in [5.74, 6) is 0.548. The molecule has 0 amide bonds. The van der Waals surface area contributed by atoms with E-state index in [4.69, 9.17) is 5.73 Å². The van der Waals surface area contributed by atoms with E-state index in [9.17, 15) is 0 Å². The van der Waals surface area contributed by atoms with Crippen LogP contribution in [0.5, 0.6) is 0 Å². The lowest BCUT2D eigenvalue weighted by Gasteiger charge is -2.37. The van der Waals surface area contributed by atoms with Gasteiger partial charge in [0.2, 0.25) is 0 Å². The van der Waals surface area contributed by atoms with Gasteiger partial charge in [0.05, 0.1) is 18.1 Å². The minimum absolute atomic E-state index is 0.426. The Labute approximate surface area is 117 Å². The lowest BCUT2D eigenvalue weighted by atomic mass is 9.92. The molecule has 1 saturated heterocycles. The van der Waals surface area contributed by atoms with Gasteiger partial charge in [-0.2, -0.15) is 0 Å². The maximum absolute atomic E-state index is 6.07. The zero-order chi connectivity index (χ0) is 13.8. The quantitative estimate of drug-likeness (QED) is 0.908. The van der Waals surface area contributed by atoms with Crippen LogP contribution in [0.3, 0.4) is 0 Å². The summed E-state index contributed by atoms with van der Waals surface area (Å²) in [6.45, 7) is 9.68. The molecule has 108 valence electrons. The monoisotopic (exact) mass is 264 g/mol. The molecule has 0 saturated carbocycles. The van der Waals surface area contributed by atoms with Crippen LogP contribution in [0.15, 0.2) is 12.5 Å².